The zero-order valence-corrected chi connectivity index (χ0v) is 17.6. The summed E-state index contributed by atoms with van der Waals surface area (Å²) in [6.45, 7) is 9.45. The number of nitrogens with zero attached hydrogens (tertiary/aromatic N) is 3. The number of alkyl halides is 1. The van der Waals surface area contributed by atoms with Gasteiger partial charge in [0.1, 0.15) is 10.6 Å². The van der Waals surface area contributed by atoms with E-state index in [9.17, 15) is 12.8 Å². The van der Waals surface area contributed by atoms with Crippen molar-refractivity contribution in [2.75, 3.05) is 39.4 Å². The van der Waals surface area contributed by atoms with E-state index in [0.717, 1.165) is 26.3 Å². The maximum atomic E-state index is 14.1. The van der Waals surface area contributed by atoms with E-state index < -0.39 is 15.7 Å². The van der Waals surface area contributed by atoms with Crippen LogP contribution in [0.5, 0.6) is 0 Å². The minimum Gasteiger partial charge on any atom is -0.380 e. The van der Waals surface area contributed by atoms with Crippen LogP contribution >= 0.6 is 0 Å². The summed E-state index contributed by atoms with van der Waals surface area (Å²) in [5, 5.41) is 0. The van der Waals surface area contributed by atoms with Gasteiger partial charge < -0.3 is 4.74 Å². The Morgan fingerprint density at radius 1 is 1.14 bits per heavy atom. The summed E-state index contributed by atoms with van der Waals surface area (Å²) in [5.74, 6) is 0. The molecule has 4 fully saturated rings. The fourth-order valence-electron chi connectivity index (χ4n) is 5.26. The van der Waals surface area contributed by atoms with Crippen LogP contribution in [0.2, 0.25) is 0 Å². The smallest absolute Gasteiger partial charge is 0.244 e. The zero-order chi connectivity index (χ0) is 19.9. The molecule has 28 heavy (non-hydrogen) atoms. The topological polar surface area (TPSA) is 62.7 Å². The van der Waals surface area contributed by atoms with Crippen molar-refractivity contribution in [3.05, 3.63) is 23.5 Å². The van der Waals surface area contributed by atoms with E-state index in [0.29, 0.717) is 30.2 Å². The number of rotatable bonds is 4. The quantitative estimate of drug-likeness (QED) is 0.762. The van der Waals surface area contributed by atoms with Gasteiger partial charge in [0.25, 0.3) is 0 Å². The van der Waals surface area contributed by atoms with Gasteiger partial charge in [-0.1, -0.05) is 0 Å². The molecule has 1 aromatic rings. The van der Waals surface area contributed by atoms with Crippen molar-refractivity contribution >= 4 is 10.0 Å². The maximum absolute atomic E-state index is 14.1. The van der Waals surface area contributed by atoms with Crippen LogP contribution in [0.1, 0.15) is 38.1 Å². The molecule has 0 radical (unpaired) electrons. The normalized spacial score (nSPS) is 27.1. The molecular formula is C20H28FN3O3S. The maximum Gasteiger partial charge on any atom is 0.244 e. The fourth-order valence-corrected chi connectivity index (χ4v) is 7.09. The van der Waals surface area contributed by atoms with Crippen molar-refractivity contribution < 1.29 is 17.5 Å². The predicted octanol–water partition coefficient (Wildman–Crippen LogP) is 2.08. The second-order valence-electron chi connectivity index (χ2n) is 9.99. The molecule has 0 aromatic carbocycles. The summed E-state index contributed by atoms with van der Waals surface area (Å²) < 4.78 is 47.0. The lowest BCUT2D eigenvalue weighted by molar-refractivity contribution is -0.211. The van der Waals surface area contributed by atoms with E-state index in [2.05, 4.69) is 9.88 Å². The molecule has 4 heterocycles. The molecule has 154 valence electrons. The fraction of sp³-hybridized carbons (Fsp3) is 0.750. The summed E-state index contributed by atoms with van der Waals surface area (Å²) >= 11 is 0. The first-order valence-electron chi connectivity index (χ1n) is 10.0. The first-order chi connectivity index (χ1) is 13.0. The summed E-state index contributed by atoms with van der Waals surface area (Å²) in [4.78, 5) is 6.91. The Morgan fingerprint density at radius 3 is 2.29 bits per heavy atom. The highest BCUT2D eigenvalue weighted by molar-refractivity contribution is 7.89. The molecule has 0 unspecified atom stereocenters. The van der Waals surface area contributed by atoms with Crippen molar-refractivity contribution in [3.63, 3.8) is 0 Å². The Kier molecular flexibility index (Phi) is 3.88. The third kappa shape index (κ3) is 2.75. The molecule has 0 amide bonds. The van der Waals surface area contributed by atoms with Gasteiger partial charge in [0.15, 0.2) is 0 Å². The van der Waals surface area contributed by atoms with Crippen molar-refractivity contribution in [2.24, 2.45) is 10.8 Å². The molecule has 6 nitrogen and oxygen atoms in total. The van der Waals surface area contributed by atoms with Gasteiger partial charge in [-0.05, 0) is 45.7 Å². The van der Waals surface area contributed by atoms with Crippen LogP contribution < -0.4 is 0 Å². The third-order valence-corrected chi connectivity index (χ3v) is 8.96. The van der Waals surface area contributed by atoms with Crippen LogP contribution in [0.15, 0.2) is 17.0 Å². The second-order valence-corrected chi connectivity index (χ2v) is 11.9. The molecule has 8 heteroatoms. The van der Waals surface area contributed by atoms with Gasteiger partial charge in [-0.25, -0.2) is 12.8 Å². The lowest BCUT2D eigenvalue weighted by atomic mass is 9.61. The standard InChI is InChI=1S/C20H28FN3O3S/c1-14-16(4-5-17(22-14)18(2,3)21)28(25,26)24-10-20(11-24)8-23(9-20)15-6-19(7-15)12-27-13-19/h4-5,15H,6-13H2,1-3H3. The number of ether oxygens (including phenoxy) is 1. The molecule has 4 aliphatic rings. The van der Waals surface area contributed by atoms with Crippen molar-refractivity contribution in [3.8, 4) is 0 Å². The van der Waals surface area contributed by atoms with E-state index in [1.165, 1.54) is 38.8 Å². The van der Waals surface area contributed by atoms with E-state index in [1.54, 1.807) is 11.2 Å². The van der Waals surface area contributed by atoms with E-state index in [-0.39, 0.29) is 16.0 Å². The van der Waals surface area contributed by atoms with Crippen molar-refractivity contribution in [1.29, 1.82) is 0 Å². The second kappa shape index (κ2) is 5.74. The van der Waals surface area contributed by atoms with E-state index in [4.69, 9.17) is 4.74 Å². The van der Waals surface area contributed by atoms with E-state index in [1.807, 2.05) is 0 Å². The number of aryl methyl sites for hydroxylation is 1. The van der Waals surface area contributed by atoms with Gasteiger partial charge in [-0.2, -0.15) is 4.31 Å². The average molecular weight is 410 g/mol. The van der Waals surface area contributed by atoms with Crippen molar-refractivity contribution in [2.45, 2.75) is 50.2 Å². The molecule has 3 aliphatic heterocycles. The van der Waals surface area contributed by atoms with Gasteiger partial charge in [0.2, 0.25) is 10.0 Å². The molecule has 5 rings (SSSR count). The SMILES string of the molecule is Cc1nc(C(C)(C)F)ccc1S(=O)(=O)N1CC2(CN(C3CC4(COC4)C3)C2)C1. The Balaban J connectivity index is 1.20. The molecule has 0 N–H and O–H groups in total. The van der Waals surface area contributed by atoms with Gasteiger partial charge in [-0.15, -0.1) is 0 Å². The van der Waals surface area contributed by atoms with Gasteiger partial charge >= 0.3 is 0 Å². The highest BCUT2D eigenvalue weighted by Gasteiger charge is 2.60. The summed E-state index contributed by atoms with van der Waals surface area (Å²) in [6, 6.07) is 3.64. The molecule has 0 bridgehead atoms. The van der Waals surface area contributed by atoms with Crippen LogP contribution in [-0.2, 0) is 20.4 Å². The van der Waals surface area contributed by atoms with Crippen LogP contribution in [0.25, 0.3) is 0 Å². The molecule has 1 aliphatic carbocycles. The lowest BCUT2D eigenvalue weighted by Crippen LogP contribution is -2.76. The van der Waals surface area contributed by atoms with Crippen LogP contribution in [0, 0.1) is 17.8 Å². The number of halogens is 1. The Labute approximate surface area is 166 Å². The van der Waals surface area contributed by atoms with Crippen molar-refractivity contribution in [1.82, 2.24) is 14.2 Å². The third-order valence-electron chi connectivity index (χ3n) is 7.03. The zero-order valence-electron chi connectivity index (χ0n) is 16.7. The number of hydrogen-bond donors (Lipinski definition) is 0. The van der Waals surface area contributed by atoms with Gasteiger partial charge in [-0.3, -0.25) is 9.88 Å². The molecular weight excluding hydrogens is 381 g/mol. The number of pyridine rings is 1. The largest absolute Gasteiger partial charge is 0.380 e. The first kappa shape index (κ1) is 18.9. The summed E-state index contributed by atoms with van der Waals surface area (Å²) in [6.07, 6.45) is 2.46. The molecule has 1 saturated carbocycles. The Bertz CT molecular complexity index is 901. The lowest BCUT2D eigenvalue weighted by Gasteiger charge is -2.65. The Morgan fingerprint density at radius 2 is 1.79 bits per heavy atom. The summed E-state index contributed by atoms with van der Waals surface area (Å²) in [5.41, 5.74) is -0.383. The number of aromatic nitrogens is 1. The van der Waals surface area contributed by atoms with Crippen LogP contribution in [0.4, 0.5) is 4.39 Å². The number of hydrogen-bond acceptors (Lipinski definition) is 5. The average Bonchev–Trinajstić information content (AvgIpc) is 2.42. The highest BCUT2D eigenvalue weighted by Crippen LogP contribution is 2.53. The highest BCUT2D eigenvalue weighted by atomic mass is 32.2. The summed E-state index contributed by atoms with van der Waals surface area (Å²) in [7, 11) is -3.57. The molecule has 1 aromatic heterocycles. The van der Waals surface area contributed by atoms with Crippen LogP contribution in [0.3, 0.4) is 0 Å². The minimum atomic E-state index is -3.57. The molecule has 3 saturated heterocycles. The Hall–Kier alpha value is -1.09. The molecule has 2 spiro atoms. The van der Waals surface area contributed by atoms with E-state index >= 15 is 0 Å². The van der Waals surface area contributed by atoms with Gasteiger partial charge in [0, 0.05) is 43.1 Å². The van der Waals surface area contributed by atoms with Gasteiger partial charge in [0.05, 0.1) is 24.6 Å². The monoisotopic (exact) mass is 409 g/mol. The number of sulfonamides is 1. The number of likely N-dealkylation sites (tertiary alicyclic amines) is 1. The molecule has 0 atom stereocenters. The predicted molar refractivity (Wildman–Crippen MR) is 102 cm³/mol. The first-order valence-corrected chi connectivity index (χ1v) is 11.5. The van der Waals surface area contributed by atoms with Crippen LogP contribution in [-0.4, -0.2) is 68.0 Å². The minimum absolute atomic E-state index is 0.119.